The highest BCUT2D eigenvalue weighted by atomic mass is 16.6. The van der Waals surface area contributed by atoms with Crippen molar-refractivity contribution in [2.24, 2.45) is 0 Å². The van der Waals surface area contributed by atoms with E-state index < -0.39 is 0 Å². The molecule has 1 unspecified atom stereocenters. The SMILES string of the molecule is CNCCC1CCCCN1c1nc(C)ccc1[N+](=O)[O-]. The Hall–Kier alpha value is -1.69. The molecule has 0 aromatic carbocycles. The topological polar surface area (TPSA) is 71.3 Å². The van der Waals surface area contributed by atoms with Crippen LogP contribution in [0.25, 0.3) is 0 Å². The van der Waals surface area contributed by atoms with Gasteiger partial charge in [-0.1, -0.05) is 0 Å². The Balaban J connectivity index is 2.31. The average molecular weight is 278 g/mol. The fourth-order valence-electron chi connectivity index (χ4n) is 2.78. The highest BCUT2D eigenvalue weighted by Crippen LogP contribution is 2.32. The van der Waals surface area contributed by atoms with E-state index in [9.17, 15) is 10.1 Å². The van der Waals surface area contributed by atoms with E-state index in [4.69, 9.17) is 0 Å². The maximum atomic E-state index is 11.2. The maximum Gasteiger partial charge on any atom is 0.311 e. The van der Waals surface area contributed by atoms with Gasteiger partial charge in [0.1, 0.15) is 0 Å². The second-order valence-electron chi connectivity index (χ2n) is 5.29. The lowest BCUT2D eigenvalue weighted by atomic mass is 9.99. The van der Waals surface area contributed by atoms with E-state index >= 15 is 0 Å². The van der Waals surface area contributed by atoms with Gasteiger partial charge in [-0.15, -0.1) is 0 Å². The van der Waals surface area contributed by atoms with Gasteiger partial charge in [0.05, 0.1) is 4.92 Å². The molecule has 0 amide bonds. The van der Waals surface area contributed by atoms with Gasteiger partial charge in [-0.05, 0) is 52.3 Å². The first-order chi connectivity index (χ1) is 9.63. The quantitative estimate of drug-likeness (QED) is 0.661. The van der Waals surface area contributed by atoms with E-state index in [1.807, 2.05) is 14.0 Å². The highest BCUT2D eigenvalue weighted by molar-refractivity contribution is 5.59. The van der Waals surface area contributed by atoms with Crippen molar-refractivity contribution < 1.29 is 4.92 Å². The number of rotatable bonds is 5. The molecule has 2 heterocycles. The molecule has 1 aliphatic rings. The molecule has 1 N–H and O–H groups in total. The van der Waals surface area contributed by atoms with E-state index in [2.05, 4.69) is 15.2 Å². The van der Waals surface area contributed by atoms with Gasteiger partial charge in [0.15, 0.2) is 0 Å². The number of pyridine rings is 1. The van der Waals surface area contributed by atoms with Crippen LogP contribution in [0.2, 0.25) is 0 Å². The summed E-state index contributed by atoms with van der Waals surface area (Å²) in [6.45, 7) is 3.65. The van der Waals surface area contributed by atoms with E-state index in [1.54, 1.807) is 12.1 Å². The Labute approximate surface area is 119 Å². The van der Waals surface area contributed by atoms with Crippen LogP contribution in [0.4, 0.5) is 11.5 Å². The molecule has 0 spiro atoms. The molecule has 0 saturated carbocycles. The summed E-state index contributed by atoms with van der Waals surface area (Å²) >= 11 is 0. The van der Waals surface area contributed by atoms with Crippen LogP contribution in [-0.4, -0.2) is 36.1 Å². The highest BCUT2D eigenvalue weighted by Gasteiger charge is 2.29. The van der Waals surface area contributed by atoms with E-state index in [-0.39, 0.29) is 10.6 Å². The van der Waals surface area contributed by atoms with Crippen molar-refractivity contribution >= 4 is 11.5 Å². The van der Waals surface area contributed by atoms with Gasteiger partial charge in [0.2, 0.25) is 5.82 Å². The number of aromatic nitrogens is 1. The summed E-state index contributed by atoms with van der Waals surface area (Å²) in [5.41, 5.74) is 0.940. The van der Waals surface area contributed by atoms with Crippen LogP contribution < -0.4 is 10.2 Å². The zero-order chi connectivity index (χ0) is 14.5. The van der Waals surface area contributed by atoms with Crippen molar-refractivity contribution in [1.82, 2.24) is 10.3 Å². The molecule has 0 aliphatic carbocycles. The summed E-state index contributed by atoms with van der Waals surface area (Å²) in [6.07, 6.45) is 4.32. The van der Waals surface area contributed by atoms with Crippen LogP contribution in [0.5, 0.6) is 0 Å². The fraction of sp³-hybridized carbons (Fsp3) is 0.643. The average Bonchev–Trinajstić information content (AvgIpc) is 2.45. The predicted molar refractivity (Wildman–Crippen MR) is 79.2 cm³/mol. The number of nitrogens with one attached hydrogen (secondary N) is 1. The molecule has 2 rings (SSSR count). The van der Waals surface area contributed by atoms with Gasteiger partial charge in [0, 0.05) is 24.3 Å². The van der Waals surface area contributed by atoms with Gasteiger partial charge >= 0.3 is 5.69 Å². The number of hydrogen-bond acceptors (Lipinski definition) is 5. The minimum absolute atomic E-state index is 0.118. The Bertz CT molecular complexity index is 478. The van der Waals surface area contributed by atoms with Crippen molar-refractivity contribution in [3.63, 3.8) is 0 Å². The van der Waals surface area contributed by atoms with Crippen molar-refractivity contribution in [2.45, 2.75) is 38.6 Å². The first kappa shape index (κ1) is 14.7. The molecule has 6 heteroatoms. The number of hydrogen-bond donors (Lipinski definition) is 1. The molecule has 1 aliphatic heterocycles. The summed E-state index contributed by atoms with van der Waals surface area (Å²) in [5.74, 6) is 0.538. The van der Waals surface area contributed by atoms with Gasteiger partial charge in [0.25, 0.3) is 0 Å². The van der Waals surface area contributed by atoms with Crippen LogP contribution in [-0.2, 0) is 0 Å². The molecule has 1 atom stereocenters. The molecule has 1 aromatic heterocycles. The molecule has 20 heavy (non-hydrogen) atoms. The molecule has 110 valence electrons. The van der Waals surface area contributed by atoms with Crippen molar-refractivity contribution in [3.05, 3.63) is 27.9 Å². The smallest absolute Gasteiger partial charge is 0.311 e. The number of nitrogens with zero attached hydrogens (tertiary/aromatic N) is 3. The predicted octanol–water partition coefficient (Wildman–Crippen LogP) is 2.27. The number of aryl methyl sites for hydroxylation is 1. The minimum atomic E-state index is -0.328. The Morgan fingerprint density at radius 1 is 1.50 bits per heavy atom. The molecule has 1 aromatic rings. The van der Waals surface area contributed by atoms with Crippen molar-refractivity contribution in [2.75, 3.05) is 25.0 Å². The lowest BCUT2D eigenvalue weighted by Gasteiger charge is -2.36. The van der Waals surface area contributed by atoms with Gasteiger partial charge < -0.3 is 10.2 Å². The largest absolute Gasteiger partial charge is 0.348 e. The second-order valence-corrected chi connectivity index (χ2v) is 5.29. The molecule has 0 radical (unpaired) electrons. The molecule has 1 fully saturated rings. The van der Waals surface area contributed by atoms with E-state index in [0.717, 1.165) is 38.0 Å². The first-order valence-electron chi connectivity index (χ1n) is 7.16. The van der Waals surface area contributed by atoms with Gasteiger partial charge in [-0.3, -0.25) is 10.1 Å². The summed E-state index contributed by atoms with van der Waals surface area (Å²) in [4.78, 5) is 17.5. The normalized spacial score (nSPS) is 19.1. The molecule has 1 saturated heterocycles. The lowest BCUT2D eigenvalue weighted by molar-refractivity contribution is -0.384. The van der Waals surface area contributed by atoms with Crippen LogP contribution in [0, 0.1) is 17.0 Å². The summed E-state index contributed by atoms with van der Waals surface area (Å²) < 4.78 is 0. The fourth-order valence-corrected chi connectivity index (χ4v) is 2.78. The Kier molecular flexibility index (Phi) is 4.89. The van der Waals surface area contributed by atoms with Crippen molar-refractivity contribution in [3.8, 4) is 0 Å². The van der Waals surface area contributed by atoms with Crippen LogP contribution in [0.3, 0.4) is 0 Å². The molecular formula is C14H22N4O2. The lowest BCUT2D eigenvalue weighted by Crippen LogP contribution is -2.41. The summed E-state index contributed by atoms with van der Waals surface area (Å²) in [7, 11) is 1.93. The van der Waals surface area contributed by atoms with Gasteiger partial charge in [-0.2, -0.15) is 0 Å². The minimum Gasteiger partial charge on any atom is -0.348 e. The molecule has 6 nitrogen and oxygen atoms in total. The first-order valence-corrected chi connectivity index (χ1v) is 7.16. The monoisotopic (exact) mass is 278 g/mol. The molecular weight excluding hydrogens is 256 g/mol. The third kappa shape index (κ3) is 3.25. The van der Waals surface area contributed by atoms with Gasteiger partial charge in [-0.25, -0.2) is 4.98 Å². The van der Waals surface area contributed by atoms with Crippen LogP contribution >= 0.6 is 0 Å². The zero-order valence-electron chi connectivity index (χ0n) is 12.1. The number of nitro groups is 1. The van der Waals surface area contributed by atoms with Crippen molar-refractivity contribution in [1.29, 1.82) is 0 Å². The standard InChI is InChI=1S/C14H22N4O2/c1-11-6-7-13(18(19)20)14(16-11)17-10-4-3-5-12(17)8-9-15-2/h6-7,12,15H,3-5,8-10H2,1-2H3. The zero-order valence-corrected chi connectivity index (χ0v) is 12.1. The van der Waals surface area contributed by atoms with Crippen LogP contribution in [0.15, 0.2) is 12.1 Å². The Morgan fingerprint density at radius 3 is 3.00 bits per heavy atom. The van der Waals surface area contributed by atoms with E-state index in [1.165, 1.54) is 6.42 Å². The summed E-state index contributed by atoms with van der Waals surface area (Å²) in [6, 6.07) is 3.61. The summed E-state index contributed by atoms with van der Waals surface area (Å²) in [5, 5.41) is 14.4. The van der Waals surface area contributed by atoms with Crippen LogP contribution in [0.1, 0.15) is 31.4 Å². The number of piperidine rings is 1. The third-order valence-corrected chi connectivity index (χ3v) is 3.82. The third-order valence-electron chi connectivity index (χ3n) is 3.82. The number of anilines is 1. The Morgan fingerprint density at radius 2 is 2.30 bits per heavy atom. The van der Waals surface area contributed by atoms with E-state index in [0.29, 0.717) is 11.9 Å². The second kappa shape index (κ2) is 6.65. The maximum absolute atomic E-state index is 11.2. The molecule has 0 bridgehead atoms.